The highest BCUT2D eigenvalue weighted by Gasteiger charge is 2.16. The van der Waals surface area contributed by atoms with E-state index in [1.165, 1.54) is 17.0 Å². The first kappa shape index (κ1) is 13.4. The van der Waals surface area contributed by atoms with Crippen LogP contribution in [0.15, 0.2) is 36.9 Å². The van der Waals surface area contributed by atoms with Crippen LogP contribution in [0.25, 0.3) is 0 Å². The fourth-order valence-electron chi connectivity index (χ4n) is 1.55. The molecule has 0 saturated carbocycles. The lowest BCUT2D eigenvalue weighted by Crippen LogP contribution is -2.41. The van der Waals surface area contributed by atoms with Crippen LogP contribution in [0.3, 0.4) is 0 Å². The van der Waals surface area contributed by atoms with E-state index in [1.807, 2.05) is 0 Å². The Morgan fingerprint density at radius 3 is 2.94 bits per heavy atom. The van der Waals surface area contributed by atoms with Crippen LogP contribution in [0.2, 0.25) is 0 Å². The Kier molecular flexibility index (Phi) is 4.84. The minimum Gasteiger partial charge on any atom is -0.340 e. The molecule has 0 aromatic heterocycles. The molecule has 3 nitrogen and oxygen atoms in total. The highest BCUT2D eigenvalue weighted by Crippen LogP contribution is 2.07. The van der Waals surface area contributed by atoms with Crippen molar-refractivity contribution in [2.24, 2.45) is 5.73 Å². The van der Waals surface area contributed by atoms with Crippen molar-refractivity contribution < 1.29 is 9.18 Å². The Hall–Kier alpha value is -1.68. The van der Waals surface area contributed by atoms with Gasteiger partial charge in [-0.2, -0.15) is 0 Å². The fraction of sp³-hybridized carbons (Fsp3) is 0.308. The number of nitrogens with two attached hydrogens (primary N) is 1. The second kappa shape index (κ2) is 6.15. The SMILES string of the molecule is C=CCC(N)C(=O)N(C)Cc1cccc(F)c1. The molecule has 0 saturated heterocycles. The summed E-state index contributed by atoms with van der Waals surface area (Å²) in [5.74, 6) is -0.479. The third-order valence-electron chi connectivity index (χ3n) is 2.42. The first-order valence-corrected chi connectivity index (χ1v) is 5.40. The van der Waals surface area contributed by atoms with Crippen molar-refractivity contribution in [2.75, 3.05) is 7.05 Å². The Morgan fingerprint density at radius 1 is 1.65 bits per heavy atom. The maximum atomic E-state index is 13.0. The van der Waals surface area contributed by atoms with Crippen LogP contribution in [0.5, 0.6) is 0 Å². The molecule has 1 rings (SSSR count). The van der Waals surface area contributed by atoms with Gasteiger partial charge in [-0.05, 0) is 24.1 Å². The zero-order chi connectivity index (χ0) is 12.8. The summed E-state index contributed by atoms with van der Waals surface area (Å²) >= 11 is 0. The summed E-state index contributed by atoms with van der Waals surface area (Å²) < 4.78 is 13.0. The second-order valence-electron chi connectivity index (χ2n) is 3.96. The van der Waals surface area contributed by atoms with Gasteiger partial charge in [-0.15, -0.1) is 6.58 Å². The molecule has 0 aliphatic rings. The van der Waals surface area contributed by atoms with Crippen molar-refractivity contribution in [1.82, 2.24) is 4.90 Å². The van der Waals surface area contributed by atoms with Gasteiger partial charge in [0.1, 0.15) is 5.82 Å². The molecule has 1 atom stereocenters. The number of hydrogen-bond donors (Lipinski definition) is 1. The van der Waals surface area contributed by atoms with Crippen LogP contribution < -0.4 is 5.73 Å². The zero-order valence-corrected chi connectivity index (χ0v) is 9.90. The molecule has 4 heteroatoms. The minimum atomic E-state index is -0.578. The number of amides is 1. The van der Waals surface area contributed by atoms with Crippen molar-refractivity contribution >= 4 is 5.91 Å². The maximum absolute atomic E-state index is 13.0. The Balaban J connectivity index is 2.62. The predicted octanol–water partition coefficient (Wildman–Crippen LogP) is 1.69. The molecule has 1 aromatic carbocycles. The lowest BCUT2D eigenvalue weighted by atomic mass is 10.1. The summed E-state index contributed by atoms with van der Waals surface area (Å²) in [6.45, 7) is 3.89. The van der Waals surface area contributed by atoms with Crippen molar-refractivity contribution in [3.05, 3.63) is 48.3 Å². The number of nitrogens with zero attached hydrogens (tertiary/aromatic N) is 1. The molecular weight excluding hydrogens is 219 g/mol. The van der Waals surface area contributed by atoms with E-state index in [4.69, 9.17) is 5.73 Å². The average molecular weight is 236 g/mol. The Labute approximate surface area is 101 Å². The summed E-state index contributed by atoms with van der Waals surface area (Å²) in [5.41, 5.74) is 6.42. The van der Waals surface area contributed by atoms with Crippen LogP contribution in [-0.2, 0) is 11.3 Å². The third kappa shape index (κ3) is 4.00. The molecule has 1 aromatic rings. The molecule has 1 unspecified atom stereocenters. The van der Waals surface area contributed by atoms with Crippen LogP contribution >= 0.6 is 0 Å². The largest absolute Gasteiger partial charge is 0.340 e. The van der Waals surface area contributed by atoms with Crippen molar-refractivity contribution in [1.29, 1.82) is 0 Å². The zero-order valence-electron chi connectivity index (χ0n) is 9.90. The Bertz CT molecular complexity index is 406. The van der Waals surface area contributed by atoms with E-state index < -0.39 is 6.04 Å². The van der Waals surface area contributed by atoms with Crippen molar-refractivity contribution in [3.8, 4) is 0 Å². The van der Waals surface area contributed by atoms with Gasteiger partial charge < -0.3 is 10.6 Å². The second-order valence-corrected chi connectivity index (χ2v) is 3.96. The van der Waals surface area contributed by atoms with E-state index in [1.54, 1.807) is 25.3 Å². The standard InChI is InChI=1S/C13H17FN2O/c1-3-5-12(15)13(17)16(2)9-10-6-4-7-11(14)8-10/h3-4,6-8,12H,1,5,9,15H2,2H3. The molecule has 17 heavy (non-hydrogen) atoms. The van der Waals surface area contributed by atoms with Crippen LogP contribution in [0.4, 0.5) is 4.39 Å². The molecular formula is C13H17FN2O. The van der Waals surface area contributed by atoms with Crippen LogP contribution in [0, 0.1) is 5.82 Å². The number of hydrogen-bond acceptors (Lipinski definition) is 2. The molecule has 0 radical (unpaired) electrons. The van der Waals surface area contributed by atoms with E-state index in [0.29, 0.717) is 13.0 Å². The third-order valence-corrected chi connectivity index (χ3v) is 2.42. The monoisotopic (exact) mass is 236 g/mol. The van der Waals surface area contributed by atoms with Gasteiger partial charge in [0.25, 0.3) is 0 Å². The average Bonchev–Trinajstić information content (AvgIpc) is 2.28. The van der Waals surface area contributed by atoms with Gasteiger partial charge >= 0.3 is 0 Å². The molecule has 0 bridgehead atoms. The van der Waals surface area contributed by atoms with Gasteiger partial charge in [0, 0.05) is 13.6 Å². The first-order valence-electron chi connectivity index (χ1n) is 5.40. The smallest absolute Gasteiger partial charge is 0.239 e. The molecule has 1 amide bonds. The molecule has 2 N–H and O–H groups in total. The summed E-state index contributed by atoms with van der Waals surface area (Å²) in [5, 5.41) is 0. The topological polar surface area (TPSA) is 46.3 Å². The highest BCUT2D eigenvalue weighted by molar-refractivity contribution is 5.81. The summed E-state index contributed by atoms with van der Waals surface area (Å²) in [6, 6.07) is 5.59. The van der Waals surface area contributed by atoms with Gasteiger partial charge in [-0.25, -0.2) is 4.39 Å². The maximum Gasteiger partial charge on any atom is 0.239 e. The summed E-state index contributed by atoms with van der Waals surface area (Å²) in [7, 11) is 1.65. The molecule has 0 aliphatic carbocycles. The van der Waals surface area contributed by atoms with Crippen molar-refractivity contribution in [2.45, 2.75) is 19.0 Å². The van der Waals surface area contributed by atoms with Gasteiger partial charge in [-0.3, -0.25) is 4.79 Å². The van der Waals surface area contributed by atoms with Crippen LogP contribution in [-0.4, -0.2) is 23.9 Å². The lowest BCUT2D eigenvalue weighted by molar-refractivity contribution is -0.131. The van der Waals surface area contributed by atoms with Crippen molar-refractivity contribution in [3.63, 3.8) is 0 Å². The van der Waals surface area contributed by atoms with E-state index in [9.17, 15) is 9.18 Å². The molecule has 92 valence electrons. The Morgan fingerprint density at radius 2 is 2.35 bits per heavy atom. The predicted molar refractivity (Wildman–Crippen MR) is 65.7 cm³/mol. The quantitative estimate of drug-likeness (QED) is 0.791. The number of carbonyl (C=O) groups excluding carboxylic acids is 1. The molecule has 0 spiro atoms. The van der Waals surface area contributed by atoms with E-state index in [-0.39, 0.29) is 11.7 Å². The highest BCUT2D eigenvalue weighted by atomic mass is 19.1. The summed E-state index contributed by atoms with van der Waals surface area (Å²) in [4.78, 5) is 13.3. The van der Waals surface area contributed by atoms with Gasteiger partial charge in [0.05, 0.1) is 6.04 Å². The molecule has 0 heterocycles. The normalized spacial score (nSPS) is 11.9. The summed E-state index contributed by atoms with van der Waals surface area (Å²) in [6.07, 6.45) is 2.05. The minimum absolute atomic E-state index is 0.172. The van der Waals surface area contributed by atoms with Gasteiger partial charge in [0.2, 0.25) is 5.91 Å². The fourth-order valence-corrected chi connectivity index (χ4v) is 1.55. The van der Waals surface area contributed by atoms with Gasteiger partial charge in [-0.1, -0.05) is 18.2 Å². The lowest BCUT2D eigenvalue weighted by Gasteiger charge is -2.20. The first-order chi connectivity index (χ1) is 8.04. The molecule has 0 fully saturated rings. The molecule has 0 aliphatic heterocycles. The van der Waals surface area contributed by atoms with Crippen LogP contribution in [0.1, 0.15) is 12.0 Å². The van der Waals surface area contributed by atoms with E-state index in [0.717, 1.165) is 5.56 Å². The number of carbonyl (C=O) groups is 1. The van der Waals surface area contributed by atoms with Gasteiger partial charge in [0.15, 0.2) is 0 Å². The van der Waals surface area contributed by atoms with E-state index in [2.05, 4.69) is 6.58 Å². The number of likely N-dealkylation sites (N-methyl/N-ethyl adjacent to an activating group) is 1. The number of rotatable bonds is 5. The van der Waals surface area contributed by atoms with E-state index >= 15 is 0 Å². The number of benzene rings is 1. The number of halogens is 1.